The minimum absolute atomic E-state index is 0.0208. The molecule has 0 radical (unpaired) electrons. The zero-order valence-electron chi connectivity index (χ0n) is 8.40. The summed E-state index contributed by atoms with van der Waals surface area (Å²) in [6.07, 6.45) is 0. The van der Waals surface area contributed by atoms with Crippen LogP contribution in [0.1, 0.15) is 20.8 Å². The first-order valence-corrected chi connectivity index (χ1v) is 4.32. The molecule has 0 spiro atoms. The number of hydrogen-bond acceptors (Lipinski definition) is 4. The highest BCUT2D eigenvalue weighted by Crippen LogP contribution is 2.16. The molecule has 1 aliphatic rings. The predicted octanol–water partition coefficient (Wildman–Crippen LogP) is 0.483. The molecular formula is C9H13NO4. The molecule has 0 aromatic heterocycles. The Morgan fingerprint density at radius 3 is 2.36 bits per heavy atom. The van der Waals surface area contributed by atoms with E-state index in [2.05, 4.69) is 4.99 Å². The number of carboxylic acid groups (broad SMARTS) is 1. The Labute approximate surface area is 81.8 Å². The number of aliphatic carboxylic acids is 1. The van der Waals surface area contributed by atoms with E-state index >= 15 is 0 Å². The topological polar surface area (TPSA) is 76.0 Å². The van der Waals surface area contributed by atoms with E-state index in [1.54, 1.807) is 20.8 Å². The van der Waals surface area contributed by atoms with Crippen molar-refractivity contribution in [1.82, 2.24) is 0 Å². The monoisotopic (exact) mass is 199 g/mol. The molecule has 14 heavy (non-hydrogen) atoms. The highest BCUT2D eigenvalue weighted by molar-refractivity contribution is 6.42. The summed E-state index contributed by atoms with van der Waals surface area (Å²) in [7, 11) is 0. The van der Waals surface area contributed by atoms with Crippen molar-refractivity contribution in [3.05, 3.63) is 0 Å². The lowest BCUT2D eigenvalue weighted by Crippen LogP contribution is -2.43. The molecule has 0 saturated heterocycles. The number of carbonyl (C=O) groups excluding carboxylic acids is 1. The zero-order valence-corrected chi connectivity index (χ0v) is 8.40. The first-order chi connectivity index (χ1) is 6.31. The summed E-state index contributed by atoms with van der Waals surface area (Å²) in [5, 5.41) is 8.66. The summed E-state index contributed by atoms with van der Waals surface area (Å²) in [6.45, 7) is 5.34. The maximum Gasteiger partial charge on any atom is 0.353 e. The van der Waals surface area contributed by atoms with Crippen LogP contribution in [0.4, 0.5) is 0 Å². The van der Waals surface area contributed by atoms with Gasteiger partial charge in [-0.1, -0.05) is 0 Å². The van der Waals surface area contributed by atoms with Gasteiger partial charge in [0.15, 0.2) is 0 Å². The number of carbonyl (C=O) groups is 2. The molecule has 5 heteroatoms. The minimum Gasteiger partial charge on any atom is -0.481 e. The molecular weight excluding hydrogens is 186 g/mol. The molecule has 0 aromatic carbocycles. The Hall–Kier alpha value is -1.39. The van der Waals surface area contributed by atoms with E-state index in [0.717, 1.165) is 0 Å². The predicted molar refractivity (Wildman–Crippen MR) is 49.3 cm³/mol. The van der Waals surface area contributed by atoms with Crippen molar-refractivity contribution in [2.45, 2.75) is 26.4 Å². The third kappa shape index (κ3) is 2.31. The fourth-order valence-corrected chi connectivity index (χ4v) is 1.01. The lowest BCUT2D eigenvalue weighted by molar-refractivity contribution is -0.149. The maximum atomic E-state index is 11.3. The van der Waals surface area contributed by atoms with Crippen LogP contribution in [-0.4, -0.2) is 34.9 Å². The number of hydrogen-bond donors (Lipinski definition) is 1. The molecule has 0 aromatic rings. The van der Waals surface area contributed by atoms with Crippen molar-refractivity contribution < 1.29 is 19.4 Å². The van der Waals surface area contributed by atoms with Crippen LogP contribution >= 0.6 is 0 Å². The van der Waals surface area contributed by atoms with Gasteiger partial charge in [-0.15, -0.1) is 0 Å². The Morgan fingerprint density at radius 2 is 2.07 bits per heavy atom. The number of carboxylic acids is 1. The normalized spacial score (nSPS) is 20.8. The van der Waals surface area contributed by atoms with Crippen molar-refractivity contribution in [2.24, 2.45) is 10.9 Å². The third-order valence-electron chi connectivity index (χ3n) is 1.68. The van der Waals surface area contributed by atoms with Crippen LogP contribution in [0.25, 0.3) is 0 Å². The van der Waals surface area contributed by atoms with Gasteiger partial charge in [-0.05, 0) is 20.8 Å². The average molecular weight is 199 g/mol. The lowest BCUT2D eigenvalue weighted by atomic mass is 9.98. The second kappa shape index (κ2) is 3.40. The van der Waals surface area contributed by atoms with Crippen LogP contribution in [0.15, 0.2) is 4.99 Å². The molecule has 1 N–H and O–H groups in total. The van der Waals surface area contributed by atoms with Crippen LogP contribution in [0, 0.1) is 5.92 Å². The quantitative estimate of drug-likeness (QED) is 0.656. The van der Waals surface area contributed by atoms with Crippen molar-refractivity contribution in [1.29, 1.82) is 0 Å². The summed E-state index contributed by atoms with van der Waals surface area (Å²) in [6, 6.07) is 0. The smallest absolute Gasteiger partial charge is 0.353 e. The van der Waals surface area contributed by atoms with Gasteiger partial charge in [-0.2, -0.15) is 0 Å². The van der Waals surface area contributed by atoms with Gasteiger partial charge >= 0.3 is 11.9 Å². The summed E-state index contributed by atoms with van der Waals surface area (Å²) in [5.74, 6) is -2.44. The van der Waals surface area contributed by atoms with Gasteiger partial charge in [0.25, 0.3) is 0 Å². The van der Waals surface area contributed by atoms with Crippen molar-refractivity contribution in [3.8, 4) is 0 Å². The molecule has 1 aliphatic heterocycles. The molecule has 0 amide bonds. The SMILES string of the molecule is CC(C)(C)OC(=O)C1=NCC1C(=O)O. The molecule has 5 nitrogen and oxygen atoms in total. The maximum absolute atomic E-state index is 11.3. The summed E-state index contributed by atoms with van der Waals surface area (Å²) >= 11 is 0. The van der Waals surface area contributed by atoms with Crippen molar-refractivity contribution >= 4 is 17.7 Å². The van der Waals surface area contributed by atoms with Crippen LogP contribution < -0.4 is 0 Å². The van der Waals surface area contributed by atoms with Gasteiger partial charge in [0.05, 0.1) is 6.54 Å². The molecule has 0 bridgehead atoms. The summed E-state index contributed by atoms with van der Waals surface area (Å²) < 4.78 is 4.99. The Bertz CT molecular complexity index is 300. The van der Waals surface area contributed by atoms with E-state index in [1.165, 1.54) is 0 Å². The largest absolute Gasteiger partial charge is 0.481 e. The highest BCUT2D eigenvalue weighted by Gasteiger charge is 2.37. The van der Waals surface area contributed by atoms with Gasteiger partial charge in [-0.3, -0.25) is 9.79 Å². The molecule has 1 atom stereocenters. The minimum atomic E-state index is -1.03. The second-order valence-electron chi connectivity index (χ2n) is 4.12. The average Bonchev–Trinajstić information content (AvgIpc) is 1.75. The standard InChI is InChI=1S/C9H13NO4/c1-9(2,3)14-8(13)6-5(4-10-6)7(11)12/h5H,4H2,1-3H3,(H,11,12). The number of ether oxygens (including phenoxy) is 1. The van der Waals surface area contributed by atoms with E-state index in [-0.39, 0.29) is 12.3 Å². The summed E-state index contributed by atoms with van der Waals surface area (Å²) in [5.41, 5.74) is -0.592. The Morgan fingerprint density at radius 1 is 1.50 bits per heavy atom. The van der Waals surface area contributed by atoms with Crippen LogP contribution in [0.5, 0.6) is 0 Å². The number of esters is 1. The molecule has 78 valence electrons. The lowest BCUT2D eigenvalue weighted by Gasteiger charge is -2.25. The third-order valence-corrected chi connectivity index (χ3v) is 1.68. The Kier molecular flexibility index (Phi) is 2.59. The van der Waals surface area contributed by atoms with Gasteiger partial charge in [-0.25, -0.2) is 4.79 Å². The van der Waals surface area contributed by atoms with E-state index < -0.39 is 23.5 Å². The first-order valence-electron chi connectivity index (χ1n) is 4.32. The van der Waals surface area contributed by atoms with Crippen molar-refractivity contribution in [3.63, 3.8) is 0 Å². The van der Waals surface area contributed by atoms with E-state index in [4.69, 9.17) is 9.84 Å². The first kappa shape index (κ1) is 10.7. The molecule has 1 unspecified atom stereocenters. The van der Waals surface area contributed by atoms with Crippen LogP contribution in [-0.2, 0) is 14.3 Å². The molecule has 0 fully saturated rings. The second-order valence-corrected chi connectivity index (χ2v) is 4.12. The number of aliphatic imine (C=N–C) groups is 1. The van der Waals surface area contributed by atoms with Crippen molar-refractivity contribution in [2.75, 3.05) is 6.54 Å². The molecule has 0 aliphatic carbocycles. The van der Waals surface area contributed by atoms with Gasteiger partial charge in [0.2, 0.25) is 0 Å². The Balaban J connectivity index is 2.60. The zero-order chi connectivity index (χ0) is 10.9. The fourth-order valence-electron chi connectivity index (χ4n) is 1.01. The van der Waals surface area contributed by atoms with E-state index in [1.807, 2.05) is 0 Å². The molecule has 1 rings (SSSR count). The fraction of sp³-hybridized carbons (Fsp3) is 0.667. The van der Waals surface area contributed by atoms with Gasteiger partial charge in [0, 0.05) is 0 Å². The summed E-state index contributed by atoms with van der Waals surface area (Å²) in [4.78, 5) is 25.6. The number of nitrogens with zero attached hydrogens (tertiary/aromatic N) is 1. The van der Waals surface area contributed by atoms with Gasteiger partial charge in [0.1, 0.15) is 17.2 Å². The highest BCUT2D eigenvalue weighted by atomic mass is 16.6. The molecule has 0 saturated carbocycles. The van der Waals surface area contributed by atoms with Gasteiger partial charge < -0.3 is 9.84 Å². The van der Waals surface area contributed by atoms with E-state index in [0.29, 0.717) is 0 Å². The van der Waals surface area contributed by atoms with Crippen LogP contribution in [0.2, 0.25) is 0 Å². The van der Waals surface area contributed by atoms with E-state index in [9.17, 15) is 9.59 Å². The number of rotatable bonds is 2. The molecule has 1 heterocycles. The van der Waals surface area contributed by atoms with Crippen LogP contribution in [0.3, 0.4) is 0 Å².